The SMILES string of the molecule is COc1ccc(NC(=O)CCN2CCC[C@H]2c2c(C)n[nH]c2C)cc1. The van der Waals surface area contributed by atoms with E-state index in [-0.39, 0.29) is 5.91 Å². The van der Waals surface area contributed by atoms with Crippen LogP contribution in [-0.2, 0) is 4.79 Å². The lowest BCUT2D eigenvalue weighted by Gasteiger charge is -2.24. The van der Waals surface area contributed by atoms with E-state index in [2.05, 4.69) is 27.3 Å². The Balaban J connectivity index is 1.56. The fraction of sp³-hybridized carbons (Fsp3) is 0.474. The lowest BCUT2D eigenvalue weighted by atomic mass is 10.0. The molecule has 6 heteroatoms. The van der Waals surface area contributed by atoms with Gasteiger partial charge in [-0.3, -0.25) is 14.8 Å². The zero-order valence-corrected chi connectivity index (χ0v) is 15.1. The second-order valence-corrected chi connectivity index (χ2v) is 6.57. The molecule has 0 saturated carbocycles. The fourth-order valence-electron chi connectivity index (χ4n) is 3.61. The largest absolute Gasteiger partial charge is 0.497 e. The first kappa shape index (κ1) is 17.5. The molecule has 2 N–H and O–H groups in total. The predicted molar refractivity (Wildman–Crippen MR) is 97.9 cm³/mol. The van der Waals surface area contributed by atoms with Gasteiger partial charge in [-0.05, 0) is 57.5 Å². The average molecular weight is 342 g/mol. The highest BCUT2D eigenvalue weighted by Crippen LogP contribution is 2.34. The summed E-state index contributed by atoms with van der Waals surface area (Å²) >= 11 is 0. The zero-order chi connectivity index (χ0) is 17.8. The Morgan fingerprint density at radius 2 is 2.12 bits per heavy atom. The second kappa shape index (κ2) is 7.70. The van der Waals surface area contributed by atoms with Crippen molar-refractivity contribution in [2.24, 2.45) is 0 Å². The van der Waals surface area contributed by atoms with Gasteiger partial charge in [-0.2, -0.15) is 5.10 Å². The number of amides is 1. The van der Waals surface area contributed by atoms with Gasteiger partial charge in [0.25, 0.3) is 0 Å². The zero-order valence-electron chi connectivity index (χ0n) is 15.1. The van der Waals surface area contributed by atoms with Gasteiger partial charge in [-0.25, -0.2) is 0 Å². The molecule has 0 radical (unpaired) electrons. The summed E-state index contributed by atoms with van der Waals surface area (Å²) in [5.74, 6) is 0.820. The van der Waals surface area contributed by atoms with E-state index in [9.17, 15) is 4.79 Å². The number of hydrogen-bond acceptors (Lipinski definition) is 4. The normalized spacial score (nSPS) is 17.6. The number of aryl methyl sites for hydroxylation is 2. The van der Waals surface area contributed by atoms with E-state index in [0.29, 0.717) is 12.5 Å². The number of anilines is 1. The molecule has 1 aromatic heterocycles. The molecular formula is C19H26N4O2. The van der Waals surface area contributed by atoms with E-state index in [1.54, 1.807) is 7.11 Å². The van der Waals surface area contributed by atoms with E-state index in [1.165, 1.54) is 5.56 Å². The number of benzene rings is 1. The van der Waals surface area contributed by atoms with Crippen molar-refractivity contribution in [1.82, 2.24) is 15.1 Å². The topological polar surface area (TPSA) is 70.2 Å². The molecule has 25 heavy (non-hydrogen) atoms. The van der Waals surface area contributed by atoms with Gasteiger partial charge in [0.2, 0.25) is 5.91 Å². The van der Waals surface area contributed by atoms with Crippen LogP contribution in [0.4, 0.5) is 5.69 Å². The number of likely N-dealkylation sites (tertiary alicyclic amines) is 1. The highest BCUT2D eigenvalue weighted by atomic mass is 16.5. The number of carbonyl (C=O) groups is 1. The van der Waals surface area contributed by atoms with Crippen molar-refractivity contribution in [3.05, 3.63) is 41.2 Å². The third kappa shape index (κ3) is 4.02. The number of nitrogens with zero attached hydrogens (tertiary/aromatic N) is 2. The quantitative estimate of drug-likeness (QED) is 0.846. The van der Waals surface area contributed by atoms with Crippen LogP contribution >= 0.6 is 0 Å². The van der Waals surface area contributed by atoms with E-state index in [1.807, 2.05) is 31.2 Å². The minimum absolute atomic E-state index is 0.0384. The molecule has 2 aromatic rings. The Kier molecular flexibility index (Phi) is 5.38. The summed E-state index contributed by atoms with van der Waals surface area (Å²) in [5, 5.41) is 10.3. The van der Waals surface area contributed by atoms with Crippen molar-refractivity contribution in [3.8, 4) is 5.75 Å². The lowest BCUT2D eigenvalue weighted by molar-refractivity contribution is -0.116. The molecule has 6 nitrogen and oxygen atoms in total. The van der Waals surface area contributed by atoms with Crippen LogP contribution in [0.2, 0.25) is 0 Å². The van der Waals surface area contributed by atoms with Crippen molar-refractivity contribution in [2.45, 2.75) is 39.2 Å². The van der Waals surface area contributed by atoms with Gasteiger partial charge in [-0.1, -0.05) is 0 Å². The van der Waals surface area contributed by atoms with Gasteiger partial charge in [0.1, 0.15) is 5.75 Å². The van der Waals surface area contributed by atoms with Crippen LogP contribution in [-0.4, -0.2) is 41.2 Å². The number of nitrogens with one attached hydrogen (secondary N) is 2. The average Bonchev–Trinajstić information content (AvgIpc) is 3.19. The molecule has 0 spiro atoms. The van der Waals surface area contributed by atoms with Crippen molar-refractivity contribution >= 4 is 11.6 Å². The number of methoxy groups -OCH3 is 1. The Labute approximate surface area is 148 Å². The third-order valence-corrected chi connectivity index (χ3v) is 4.88. The maximum absolute atomic E-state index is 12.3. The van der Waals surface area contributed by atoms with E-state index < -0.39 is 0 Å². The van der Waals surface area contributed by atoms with Gasteiger partial charge in [0, 0.05) is 36.0 Å². The molecule has 3 rings (SSSR count). The van der Waals surface area contributed by atoms with Crippen molar-refractivity contribution in [2.75, 3.05) is 25.5 Å². The number of rotatable bonds is 6. The monoisotopic (exact) mass is 342 g/mol. The molecule has 1 aromatic carbocycles. The molecule has 0 aliphatic carbocycles. The summed E-state index contributed by atoms with van der Waals surface area (Å²) in [5.41, 5.74) is 4.30. The Morgan fingerprint density at radius 1 is 1.36 bits per heavy atom. The summed E-state index contributed by atoms with van der Waals surface area (Å²) in [6.45, 7) is 5.91. The second-order valence-electron chi connectivity index (χ2n) is 6.57. The van der Waals surface area contributed by atoms with Crippen LogP contribution < -0.4 is 10.1 Å². The molecule has 0 unspecified atom stereocenters. The Hall–Kier alpha value is -2.34. The molecular weight excluding hydrogens is 316 g/mol. The molecule has 0 bridgehead atoms. The maximum Gasteiger partial charge on any atom is 0.225 e. The lowest BCUT2D eigenvalue weighted by Crippen LogP contribution is -2.28. The summed E-state index contributed by atoms with van der Waals surface area (Å²) in [6, 6.07) is 7.77. The molecule has 1 saturated heterocycles. The van der Waals surface area contributed by atoms with Crippen LogP contribution in [0, 0.1) is 13.8 Å². The number of aromatic amines is 1. The summed E-state index contributed by atoms with van der Waals surface area (Å²) < 4.78 is 5.13. The fourth-order valence-corrected chi connectivity index (χ4v) is 3.61. The molecule has 1 aliphatic rings. The van der Waals surface area contributed by atoms with Crippen molar-refractivity contribution in [3.63, 3.8) is 0 Å². The summed E-state index contributed by atoms with van der Waals surface area (Å²) in [7, 11) is 1.63. The van der Waals surface area contributed by atoms with Crippen molar-refractivity contribution in [1.29, 1.82) is 0 Å². The predicted octanol–water partition coefficient (Wildman–Crippen LogP) is 3.20. The smallest absolute Gasteiger partial charge is 0.225 e. The third-order valence-electron chi connectivity index (χ3n) is 4.88. The van der Waals surface area contributed by atoms with Gasteiger partial charge >= 0.3 is 0 Å². The first-order chi connectivity index (χ1) is 12.1. The van der Waals surface area contributed by atoms with Gasteiger partial charge in [0.05, 0.1) is 12.8 Å². The van der Waals surface area contributed by atoms with E-state index in [4.69, 9.17) is 4.74 Å². The van der Waals surface area contributed by atoms with E-state index >= 15 is 0 Å². The Morgan fingerprint density at radius 3 is 2.76 bits per heavy atom. The molecule has 2 heterocycles. The van der Waals surface area contributed by atoms with Gasteiger partial charge in [-0.15, -0.1) is 0 Å². The maximum atomic E-state index is 12.3. The number of H-pyrrole nitrogens is 1. The highest BCUT2D eigenvalue weighted by molar-refractivity contribution is 5.90. The van der Waals surface area contributed by atoms with Crippen LogP contribution in [0.25, 0.3) is 0 Å². The molecule has 1 aliphatic heterocycles. The highest BCUT2D eigenvalue weighted by Gasteiger charge is 2.29. The Bertz CT molecular complexity index is 704. The standard InChI is InChI=1S/C19H26N4O2/c1-13-19(14(2)22-21-13)17-5-4-11-23(17)12-10-18(24)20-15-6-8-16(25-3)9-7-15/h6-9,17H,4-5,10-12H2,1-3H3,(H,20,24)(H,21,22)/t17-/m0/s1. The van der Waals surface area contributed by atoms with Crippen LogP contribution in [0.3, 0.4) is 0 Å². The first-order valence-corrected chi connectivity index (χ1v) is 8.78. The van der Waals surface area contributed by atoms with Crippen LogP contribution in [0.15, 0.2) is 24.3 Å². The van der Waals surface area contributed by atoms with Crippen molar-refractivity contribution < 1.29 is 9.53 Å². The number of aromatic nitrogens is 2. The number of carbonyl (C=O) groups excluding carboxylic acids is 1. The summed E-state index contributed by atoms with van der Waals surface area (Å²) in [6.07, 6.45) is 2.77. The summed E-state index contributed by atoms with van der Waals surface area (Å²) in [4.78, 5) is 14.7. The molecule has 134 valence electrons. The molecule has 1 amide bonds. The minimum Gasteiger partial charge on any atom is -0.497 e. The van der Waals surface area contributed by atoms with E-state index in [0.717, 1.165) is 48.8 Å². The minimum atomic E-state index is 0.0384. The number of ether oxygens (including phenoxy) is 1. The van der Waals surface area contributed by atoms with Crippen LogP contribution in [0.1, 0.15) is 42.3 Å². The first-order valence-electron chi connectivity index (χ1n) is 8.78. The van der Waals surface area contributed by atoms with Gasteiger partial charge in [0.15, 0.2) is 0 Å². The van der Waals surface area contributed by atoms with Gasteiger partial charge < -0.3 is 10.1 Å². The van der Waals surface area contributed by atoms with Crippen LogP contribution in [0.5, 0.6) is 5.75 Å². The molecule has 1 fully saturated rings. The molecule has 1 atom stereocenters. The number of hydrogen-bond donors (Lipinski definition) is 2.